The highest BCUT2D eigenvalue weighted by atomic mass is 14.9. The molecular weight excluding hydrogens is 412 g/mol. The van der Waals surface area contributed by atoms with Gasteiger partial charge in [0.2, 0.25) is 0 Å². The van der Waals surface area contributed by atoms with Crippen molar-refractivity contribution in [2.75, 3.05) is 0 Å². The summed E-state index contributed by atoms with van der Waals surface area (Å²) in [5.41, 5.74) is 9.45. The van der Waals surface area contributed by atoms with Gasteiger partial charge in [-0.15, -0.1) is 0 Å². The SMILES string of the molecule is Cc1ccc(C=N[C@H](c2ccc(C)cc2)[C@@H](N=Cc2ccc(C)cc2)c2ccc(C)cc2)cc1. The summed E-state index contributed by atoms with van der Waals surface area (Å²) < 4.78 is 0. The quantitative estimate of drug-likeness (QED) is 0.258. The average molecular weight is 445 g/mol. The molecule has 0 amide bonds. The first kappa shape index (κ1) is 23.4. The van der Waals surface area contributed by atoms with Crippen molar-refractivity contribution in [1.82, 2.24) is 0 Å². The molecule has 0 aromatic heterocycles. The van der Waals surface area contributed by atoms with E-state index in [-0.39, 0.29) is 12.1 Å². The second kappa shape index (κ2) is 10.9. The first-order valence-corrected chi connectivity index (χ1v) is 11.8. The monoisotopic (exact) mass is 444 g/mol. The van der Waals surface area contributed by atoms with E-state index in [9.17, 15) is 0 Å². The van der Waals surface area contributed by atoms with Crippen molar-refractivity contribution in [1.29, 1.82) is 0 Å². The van der Waals surface area contributed by atoms with E-state index < -0.39 is 0 Å². The van der Waals surface area contributed by atoms with Crippen molar-refractivity contribution in [3.8, 4) is 0 Å². The molecule has 0 aliphatic heterocycles. The van der Waals surface area contributed by atoms with E-state index in [1.54, 1.807) is 0 Å². The molecule has 4 rings (SSSR count). The molecule has 0 fully saturated rings. The first-order chi connectivity index (χ1) is 16.5. The third kappa shape index (κ3) is 6.17. The van der Waals surface area contributed by atoms with Crippen LogP contribution < -0.4 is 0 Å². The summed E-state index contributed by atoms with van der Waals surface area (Å²) in [6, 6.07) is 33.9. The highest BCUT2D eigenvalue weighted by molar-refractivity contribution is 5.81. The van der Waals surface area contributed by atoms with Crippen LogP contribution in [-0.4, -0.2) is 12.4 Å². The van der Waals surface area contributed by atoms with Crippen LogP contribution >= 0.6 is 0 Å². The lowest BCUT2D eigenvalue weighted by molar-refractivity contribution is 0.583. The number of rotatable bonds is 7. The molecule has 0 heterocycles. The summed E-state index contributed by atoms with van der Waals surface area (Å²) in [7, 11) is 0. The Morgan fingerprint density at radius 2 is 0.676 bits per heavy atom. The third-order valence-corrected chi connectivity index (χ3v) is 6.06. The molecule has 0 aliphatic carbocycles. The average Bonchev–Trinajstić information content (AvgIpc) is 2.85. The highest BCUT2D eigenvalue weighted by Crippen LogP contribution is 2.36. The molecule has 2 atom stereocenters. The standard InChI is InChI=1S/C32H32N2/c1-23-5-13-27(14-6-23)21-33-31(29-17-9-25(3)10-18-29)32(30-19-11-26(4)12-20-30)34-22-28-15-7-24(2)8-16-28/h5-22,31-32H,1-4H3/t31-,32+. The Balaban J connectivity index is 1.78. The number of benzene rings is 4. The zero-order chi connectivity index (χ0) is 23.9. The summed E-state index contributed by atoms with van der Waals surface area (Å²) >= 11 is 0. The lowest BCUT2D eigenvalue weighted by Gasteiger charge is -2.22. The van der Waals surface area contributed by atoms with Gasteiger partial charge in [0.25, 0.3) is 0 Å². The molecule has 0 aliphatic rings. The molecule has 0 unspecified atom stereocenters. The zero-order valence-corrected chi connectivity index (χ0v) is 20.4. The summed E-state index contributed by atoms with van der Waals surface area (Å²) in [5.74, 6) is 0. The molecule has 34 heavy (non-hydrogen) atoms. The molecule has 0 saturated carbocycles. The van der Waals surface area contributed by atoms with Gasteiger partial charge in [-0.05, 0) is 49.9 Å². The fourth-order valence-electron chi connectivity index (χ4n) is 3.86. The van der Waals surface area contributed by atoms with E-state index in [0.29, 0.717) is 0 Å². The minimum atomic E-state index is -0.147. The molecule has 0 spiro atoms. The number of hydrogen-bond donors (Lipinski definition) is 0. The fraction of sp³-hybridized carbons (Fsp3) is 0.188. The molecule has 2 nitrogen and oxygen atoms in total. The van der Waals surface area contributed by atoms with Gasteiger partial charge in [0.05, 0.1) is 0 Å². The van der Waals surface area contributed by atoms with Crippen molar-refractivity contribution in [3.63, 3.8) is 0 Å². The highest BCUT2D eigenvalue weighted by Gasteiger charge is 2.23. The van der Waals surface area contributed by atoms with Crippen LogP contribution in [0, 0.1) is 27.7 Å². The van der Waals surface area contributed by atoms with Gasteiger partial charge in [-0.2, -0.15) is 0 Å². The Kier molecular flexibility index (Phi) is 7.49. The maximum Gasteiger partial charge on any atom is 0.101 e. The van der Waals surface area contributed by atoms with Gasteiger partial charge in [0.1, 0.15) is 12.1 Å². The maximum atomic E-state index is 5.11. The molecule has 4 aromatic carbocycles. The zero-order valence-electron chi connectivity index (χ0n) is 20.4. The lowest BCUT2D eigenvalue weighted by atomic mass is 9.93. The van der Waals surface area contributed by atoms with Gasteiger partial charge in [-0.1, -0.05) is 119 Å². The van der Waals surface area contributed by atoms with Crippen LogP contribution in [0.3, 0.4) is 0 Å². The fourth-order valence-corrected chi connectivity index (χ4v) is 3.86. The van der Waals surface area contributed by atoms with Crippen molar-refractivity contribution in [3.05, 3.63) is 142 Å². The Bertz CT molecular complexity index is 1140. The minimum Gasteiger partial charge on any atom is -0.282 e. The summed E-state index contributed by atoms with van der Waals surface area (Å²) in [6.07, 6.45) is 3.96. The van der Waals surface area contributed by atoms with Crippen LogP contribution in [-0.2, 0) is 0 Å². The number of nitrogens with zero attached hydrogens (tertiary/aromatic N) is 2. The Morgan fingerprint density at radius 1 is 0.412 bits per heavy atom. The number of aryl methyl sites for hydroxylation is 4. The first-order valence-electron chi connectivity index (χ1n) is 11.8. The van der Waals surface area contributed by atoms with E-state index >= 15 is 0 Å². The van der Waals surface area contributed by atoms with Gasteiger partial charge in [-0.3, -0.25) is 9.98 Å². The van der Waals surface area contributed by atoms with Crippen LogP contribution in [0.1, 0.15) is 56.6 Å². The molecule has 170 valence electrons. The predicted molar refractivity (Wildman–Crippen MR) is 145 cm³/mol. The van der Waals surface area contributed by atoms with Crippen molar-refractivity contribution < 1.29 is 0 Å². The van der Waals surface area contributed by atoms with E-state index in [2.05, 4.69) is 125 Å². The van der Waals surface area contributed by atoms with E-state index in [1.807, 2.05) is 12.4 Å². The summed E-state index contributed by atoms with van der Waals surface area (Å²) in [5, 5.41) is 0. The van der Waals surface area contributed by atoms with Crippen LogP contribution in [0.2, 0.25) is 0 Å². The molecular formula is C32H32N2. The van der Waals surface area contributed by atoms with Crippen LogP contribution in [0.4, 0.5) is 0 Å². The Hall–Kier alpha value is -3.78. The van der Waals surface area contributed by atoms with Crippen molar-refractivity contribution >= 4 is 12.4 Å². The summed E-state index contributed by atoms with van der Waals surface area (Å²) in [6.45, 7) is 8.43. The lowest BCUT2D eigenvalue weighted by Crippen LogP contribution is -2.09. The Morgan fingerprint density at radius 3 is 0.971 bits per heavy atom. The van der Waals surface area contributed by atoms with Crippen molar-refractivity contribution in [2.45, 2.75) is 39.8 Å². The van der Waals surface area contributed by atoms with Gasteiger partial charge in [0.15, 0.2) is 0 Å². The molecule has 0 radical (unpaired) electrons. The third-order valence-electron chi connectivity index (χ3n) is 6.06. The van der Waals surface area contributed by atoms with Crippen LogP contribution in [0.15, 0.2) is 107 Å². The van der Waals surface area contributed by atoms with Gasteiger partial charge in [-0.25, -0.2) is 0 Å². The molecule has 4 aromatic rings. The van der Waals surface area contributed by atoms with Crippen LogP contribution in [0.5, 0.6) is 0 Å². The molecule has 0 saturated heterocycles. The second-order valence-corrected chi connectivity index (χ2v) is 9.09. The normalized spacial score (nSPS) is 13.4. The smallest absolute Gasteiger partial charge is 0.101 e. The van der Waals surface area contributed by atoms with E-state index in [0.717, 1.165) is 22.3 Å². The van der Waals surface area contributed by atoms with E-state index in [1.165, 1.54) is 22.3 Å². The van der Waals surface area contributed by atoms with Crippen molar-refractivity contribution in [2.24, 2.45) is 9.98 Å². The molecule has 0 N–H and O–H groups in total. The van der Waals surface area contributed by atoms with Gasteiger partial charge in [0, 0.05) is 12.4 Å². The number of hydrogen-bond acceptors (Lipinski definition) is 2. The van der Waals surface area contributed by atoms with Gasteiger partial charge >= 0.3 is 0 Å². The molecule has 2 heteroatoms. The second-order valence-electron chi connectivity index (χ2n) is 9.09. The van der Waals surface area contributed by atoms with E-state index in [4.69, 9.17) is 9.98 Å². The largest absolute Gasteiger partial charge is 0.282 e. The number of aliphatic imine (C=N–C) groups is 2. The Labute approximate surface area is 203 Å². The predicted octanol–water partition coefficient (Wildman–Crippen LogP) is 7.94. The van der Waals surface area contributed by atoms with Gasteiger partial charge < -0.3 is 0 Å². The summed E-state index contributed by atoms with van der Waals surface area (Å²) in [4.78, 5) is 10.2. The topological polar surface area (TPSA) is 24.7 Å². The van der Waals surface area contributed by atoms with Crippen LogP contribution in [0.25, 0.3) is 0 Å². The molecule has 0 bridgehead atoms. The maximum absolute atomic E-state index is 5.11. The minimum absolute atomic E-state index is 0.147.